The molecule has 0 aliphatic carbocycles. The summed E-state index contributed by atoms with van der Waals surface area (Å²) in [4.78, 5) is 25.4. The van der Waals surface area contributed by atoms with Crippen LogP contribution in [0.25, 0.3) is 0 Å². The molecule has 0 spiro atoms. The van der Waals surface area contributed by atoms with Crippen molar-refractivity contribution in [3.8, 4) is 6.07 Å². The molecule has 0 fully saturated rings. The van der Waals surface area contributed by atoms with Gasteiger partial charge in [-0.3, -0.25) is 9.59 Å². The standard InChI is InChI=1S/C19H18N4O2/c1-13(24)23-9-8-15-10-17(6-7-18(15)23)22-19(25)12-21-16-4-2-14(11-20)3-5-16/h2-7,10,21H,8-9,12H2,1H3,(H,22,25). The van der Waals surface area contributed by atoms with Crippen molar-refractivity contribution in [3.05, 3.63) is 53.6 Å². The summed E-state index contributed by atoms with van der Waals surface area (Å²) in [6.45, 7) is 2.37. The number of amides is 2. The lowest BCUT2D eigenvalue weighted by atomic mass is 10.1. The Labute approximate surface area is 146 Å². The van der Waals surface area contributed by atoms with E-state index in [1.807, 2.05) is 12.1 Å². The molecule has 6 heteroatoms. The van der Waals surface area contributed by atoms with Crippen LogP contribution in [0.4, 0.5) is 17.1 Å². The maximum atomic E-state index is 12.1. The van der Waals surface area contributed by atoms with Crippen LogP contribution in [-0.4, -0.2) is 24.9 Å². The summed E-state index contributed by atoms with van der Waals surface area (Å²) in [6.07, 6.45) is 0.794. The van der Waals surface area contributed by atoms with E-state index in [-0.39, 0.29) is 18.4 Å². The normalized spacial score (nSPS) is 12.2. The van der Waals surface area contributed by atoms with Crippen molar-refractivity contribution < 1.29 is 9.59 Å². The molecule has 2 aromatic carbocycles. The topological polar surface area (TPSA) is 85.2 Å². The number of anilines is 3. The molecule has 0 atom stereocenters. The number of nitrogens with zero attached hydrogens (tertiary/aromatic N) is 2. The molecule has 25 heavy (non-hydrogen) atoms. The zero-order valence-electron chi connectivity index (χ0n) is 13.9. The Bertz CT molecular complexity index is 853. The van der Waals surface area contributed by atoms with Gasteiger partial charge >= 0.3 is 0 Å². The van der Waals surface area contributed by atoms with Crippen molar-refractivity contribution in [2.45, 2.75) is 13.3 Å². The molecule has 0 saturated carbocycles. The van der Waals surface area contributed by atoms with Crippen molar-refractivity contribution in [1.82, 2.24) is 0 Å². The average molecular weight is 334 g/mol. The predicted molar refractivity (Wildman–Crippen MR) is 96.4 cm³/mol. The fraction of sp³-hybridized carbons (Fsp3) is 0.211. The van der Waals surface area contributed by atoms with Gasteiger partial charge in [-0.15, -0.1) is 0 Å². The molecule has 1 heterocycles. The van der Waals surface area contributed by atoms with Gasteiger partial charge in [0.1, 0.15) is 0 Å². The highest BCUT2D eigenvalue weighted by atomic mass is 16.2. The van der Waals surface area contributed by atoms with E-state index >= 15 is 0 Å². The number of nitrogens with one attached hydrogen (secondary N) is 2. The molecule has 3 rings (SSSR count). The minimum absolute atomic E-state index is 0.0298. The molecular formula is C19H18N4O2. The second kappa shape index (κ2) is 7.05. The van der Waals surface area contributed by atoms with Crippen molar-refractivity contribution in [2.75, 3.05) is 28.6 Å². The Morgan fingerprint density at radius 1 is 1.16 bits per heavy atom. The quantitative estimate of drug-likeness (QED) is 0.900. The number of rotatable bonds is 4. The first-order valence-corrected chi connectivity index (χ1v) is 8.02. The zero-order valence-corrected chi connectivity index (χ0v) is 13.9. The van der Waals surface area contributed by atoms with Gasteiger partial charge in [0, 0.05) is 30.5 Å². The van der Waals surface area contributed by atoms with Gasteiger partial charge in [0.2, 0.25) is 11.8 Å². The summed E-state index contributed by atoms with van der Waals surface area (Å²) < 4.78 is 0. The molecule has 1 aliphatic rings. The molecule has 0 saturated heterocycles. The summed E-state index contributed by atoms with van der Waals surface area (Å²) in [7, 11) is 0. The number of carbonyl (C=O) groups is 2. The molecule has 0 bridgehead atoms. The Morgan fingerprint density at radius 3 is 2.56 bits per heavy atom. The minimum atomic E-state index is -0.161. The van der Waals surface area contributed by atoms with Crippen molar-refractivity contribution in [3.63, 3.8) is 0 Å². The average Bonchev–Trinajstić information content (AvgIpc) is 3.04. The first kappa shape index (κ1) is 16.5. The highest BCUT2D eigenvalue weighted by Gasteiger charge is 2.22. The third-order valence-corrected chi connectivity index (χ3v) is 4.11. The monoisotopic (exact) mass is 334 g/mol. The largest absolute Gasteiger partial charge is 0.376 e. The van der Waals surface area contributed by atoms with Crippen LogP contribution < -0.4 is 15.5 Å². The lowest BCUT2D eigenvalue weighted by Gasteiger charge is -2.15. The van der Waals surface area contributed by atoms with Crippen LogP contribution in [-0.2, 0) is 16.0 Å². The van der Waals surface area contributed by atoms with Gasteiger partial charge in [0.15, 0.2) is 0 Å². The van der Waals surface area contributed by atoms with Crippen molar-refractivity contribution in [2.24, 2.45) is 0 Å². The molecule has 6 nitrogen and oxygen atoms in total. The maximum absolute atomic E-state index is 12.1. The fourth-order valence-electron chi connectivity index (χ4n) is 2.86. The van der Waals surface area contributed by atoms with Crippen LogP contribution in [0.3, 0.4) is 0 Å². The van der Waals surface area contributed by atoms with Gasteiger partial charge in [-0.1, -0.05) is 0 Å². The molecule has 1 aliphatic heterocycles. The van der Waals surface area contributed by atoms with E-state index in [1.54, 1.807) is 42.2 Å². The fourth-order valence-corrected chi connectivity index (χ4v) is 2.86. The summed E-state index contributed by atoms with van der Waals surface area (Å²) in [6, 6.07) is 14.6. The second-order valence-electron chi connectivity index (χ2n) is 5.86. The van der Waals surface area contributed by atoms with Gasteiger partial charge in [-0.2, -0.15) is 5.26 Å². The minimum Gasteiger partial charge on any atom is -0.376 e. The zero-order chi connectivity index (χ0) is 17.8. The van der Waals surface area contributed by atoms with Gasteiger partial charge in [-0.25, -0.2) is 0 Å². The van der Waals surface area contributed by atoms with Crippen LogP contribution in [0.1, 0.15) is 18.1 Å². The Kier molecular flexibility index (Phi) is 4.66. The summed E-state index contributed by atoms with van der Waals surface area (Å²) in [5, 5.41) is 14.6. The molecular weight excluding hydrogens is 316 g/mol. The molecule has 0 radical (unpaired) electrons. The third kappa shape index (κ3) is 3.78. The third-order valence-electron chi connectivity index (χ3n) is 4.11. The number of nitriles is 1. The smallest absolute Gasteiger partial charge is 0.243 e. The van der Waals surface area contributed by atoms with Gasteiger partial charge in [0.25, 0.3) is 0 Å². The highest BCUT2D eigenvalue weighted by molar-refractivity contribution is 5.96. The van der Waals surface area contributed by atoms with Gasteiger partial charge in [-0.05, 0) is 54.4 Å². The second-order valence-corrected chi connectivity index (χ2v) is 5.86. The number of hydrogen-bond donors (Lipinski definition) is 2. The maximum Gasteiger partial charge on any atom is 0.243 e. The molecule has 2 aromatic rings. The Balaban J connectivity index is 1.58. The van der Waals surface area contributed by atoms with Crippen LogP contribution in [0.5, 0.6) is 0 Å². The van der Waals surface area contributed by atoms with Crippen LogP contribution in [0.2, 0.25) is 0 Å². The first-order chi connectivity index (χ1) is 12.1. The number of fused-ring (bicyclic) bond motifs is 1. The molecule has 0 aromatic heterocycles. The molecule has 2 N–H and O–H groups in total. The van der Waals surface area contributed by atoms with E-state index in [9.17, 15) is 9.59 Å². The number of carbonyl (C=O) groups excluding carboxylic acids is 2. The van der Waals surface area contributed by atoms with Crippen molar-refractivity contribution in [1.29, 1.82) is 5.26 Å². The lowest BCUT2D eigenvalue weighted by molar-refractivity contribution is -0.116. The molecule has 2 amide bonds. The van der Waals surface area contributed by atoms with Crippen LogP contribution >= 0.6 is 0 Å². The van der Waals surface area contributed by atoms with E-state index in [4.69, 9.17) is 5.26 Å². The number of benzene rings is 2. The van der Waals surface area contributed by atoms with Gasteiger partial charge in [0.05, 0.1) is 18.2 Å². The van der Waals surface area contributed by atoms with Gasteiger partial charge < -0.3 is 15.5 Å². The Hall–Kier alpha value is -3.33. The highest BCUT2D eigenvalue weighted by Crippen LogP contribution is 2.30. The predicted octanol–water partition coefficient (Wildman–Crippen LogP) is 2.52. The molecule has 126 valence electrons. The first-order valence-electron chi connectivity index (χ1n) is 8.02. The summed E-state index contributed by atoms with van der Waals surface area (Å²) >= 11 is 0. The van der Waals surface area contributed by atoms with E-state index in [0.717, 1.165) is 29.0 Å². The van der Waals surface area contributed by atoms with Crippen LogP contribution in [0, 0.1) is 11.3 Å². The lowest BCUT2D eigenvalue weighted by Crippen LogP contribution is -2.25. The SMILES string of the molecule is CC(=O)N1CCc2cc(NC(=O)CNc3ccc(C#N)cc3)ccc21. The number of hydrogen-bond acceptors (Lipinski definition) is 4. The van der Waals surface area contributed by atoms with Crippen molar-refractivity contribution >= 4 is 28.9 Å². The van der Waals surface area contributed by atoms with E-state index in [0.29, 0.717) is 12.1 Å². The summed E-state index contributed by atoms with van der Waals surface area (Å²) in [5.74, 6) is -0.132. The molecule has 0 unspecified atom stereocenters. The van der Waals surface area contributed by atoms with E-state index < -0.39 is 0 Å². The van der Waals surface area contributed by atoms with Crippen LogP contribution in [0.15, 0.2) is 42.5 Å². The van der Waals surface area contributed by atoms with E-state index in [2.05, 4.69) is 16.7 Å². The Morgan fingerprint density at radius 2 is 1.88 bits per heavy atom. The van der Waals surface area contributed by atoms with E-state index in [1.165, 1.54) is 0 Å². The summed E-state index contributed by atoms with van der Waals surface area (Å²) in [5.41, 5.74) is 4.05.